The summed E-state index contributed by atoms with van der Waals surface area (Å²) in [4.78, 5) is 14.6. The molecule has 0 bridgehead atoms. The van der Waals surface area contributed by atoms with Gasteiger partial charge in [-0.2, -0.15) is 0 Å². The van der Waals surface area contributed by atoms with Crippen molar-refractivity contribution < 1.29 is 17.2 Å². The molecule has 0 atom stereocenters. The lowest BCUT2D eigenvalue weighted by Crippen LogP contribution is -3.00. The number of thiazole rings is 1. The van der Waals surface area contributed by atoms with Crippen LogP contribution in [-0.2, 0) is 11.3 Å². The highest BCUT2D eigenvalue weighted by molar-refractivity contribution is 7.06. The van der Waals surface area contributed by atoms with Crippen molar-refractivity contribution in [3.63, 3.8) is 0 Å². The summed E-state index contributed by atoms with van der Waals surface area (Å²) >= 11 is 1.32. The van der Waals surface area contributed by atoms with Gasteiger partial charge in [0.1, 0.15) is 6.54 Å². The molecule has 20 heavy (non-hydrogen) atoms. The minimum atomic E-state index is -0.00176. The van der Waals surface area contributed by atoms with Gasteiger partial charge in [0.2, 0.25) is 5.91 Å². The molecule has 6 heteroatoms. The van der Waals surface area contributed by atoms with E-state index in [0.717, 1.165) is 5.69 Å². The van der Waals surface area contributed by atoms with Gasteiger partial charge < -0.3 is 21.9 Å². The zero-order valence-electron chi connectivity index (χ0n) is 11.4. The van der Waals surface area contributed by atoms with Crippen molar-refractivity contribution >= 4 is 22.9 Å². The highest BCUT2D eigenvalue weighted by Crippen LogP contribution is 2.17. The Morgan fingerprint density at radius 3 is 2.50 bits per heavy atom. The van der Waals surface area contributed by atoms with E-state index in [9.17, 15) is 4.79 Å². The van der Waals surface area contributed by atoms with Crippen molar-refractivity contribution in [3.05, 3.63) is 46.7 Å². The van der Waals surface area contributed by atoms with Gasteiger partial charge in [0.05, 0.1) is 0 Å². The maximum atomic E-state index is 12.4. The van der Waals surface area contributed by atoms with Gasteiger partial charge in [-0.3, -0.25) is 10.2 Å². The molecule has 0 aliphatic rings. The molecule has 1 heterocycles. The number of rotatable bonds is 4. The molecule has 1 aromatic carbocycles. The smallest absolute Gasteiger partial charge is 0.247 e. The number of para-hydroxylation sites is 1. The number of benzene rings is 1. The molecule has 2 rings (SSSR count). The van der Waals surface area contributed by atoms with Crippen LogP contribution >= 0.6 is 11.3 Å². The summed E-state index contributed by atoms with van der Waals surface area (Å²) in [6, 6.07) is 9.72. The molecule has 1 N–H and O–H groups in total. The van der Waals surface area contributed by atoms with E-state index in [-0.39, 0.29) is 30.9 Å². The Hall–Kier alpha value is -1.59. The molecule has 0 unspecified atom stereocenters. The highest BCUT2D eigenvalue weighted by Gasteiger charge is 2.19. The van der Waals surface area contributed by atoms with Gasteiger partial charge in [0.15, 0.2) is 4.80 Å². The first kappa shape index (κ1) is 16.5. The van der Waals surface area contributed by atoms with Gasteiger partial charge in [-0.25, -0.2) is 0 Å². The van der Waals surface area contributed by atoms with E-state index in [0.29, 0.717) is 4.80 Å². The van der Waals surface area contributed by atoms with Crippen LogP contribution in [0, 0.1) is 5.41 Å². The number of carbonyl (C=O) groups excluding carboxylic acids is 1. The summed E-state index contributed by atoms with van der Waals surface area (Å²) in [5.41, 5.74) is 0.893. The number of hydrogen-bond donors (Lipinski definition) is 1. The molecule has 0 radical (unpaired) electrons. The van der Waals surface area contributed by atoms with Crippen LogP contribution in [0.1, 0.15) is 13.8 Å². The van der Waals surface area contributed by atoms with Crippen molar-refractivity contribution in [2.24, 2.45) is 0 Å². The first-order valence-corrected chi connectivity index (χ1v) is 7.03. The van der Waals surface area contributed by atoms with E-state index in [1.807, 2.05) is 49.6 Å². The van der Waals surface area contributed by atoms with E-state index in [4.69, 9.17) is 5.41 Å². The van der Waals surface area contributed by atoms with Crippen molar-refractivity contribution in [3.8, 4) is 0 Å². The molecule has 4 nitrogen and oxygen atoms in total. The van der Waals surface area contributed by atoms with Crippen LogP contribution in [0.4, 0.5) is 5.69 Å². The molecule has 1 amide bonds. The van der Waals surface area contributed by atoms with Crippen LogP contribution in [0.5, 0.6) is 0 Å². The third-order valence-electron chi connectivity index (χ3n) is 2.81. The van der Waals surface area contributed by atoms with Crippen LogP contribution in [0.15, 0.2) is 41.9 Å². The molecular weight excluding hydrogens is 294 g/mol. The number of nitrogens with one attached hydrogen (secondary N) is 1. The number of hydrogen-bond acceptors (Lipinski definition) is 3. The third-order valence-corrected chi connectivity index (χ3v) is 3.52. The molecule has 0 fully saturated rings. The lowest BCUT2D eigenvalue weighted by Gasteiger charge is -2.27. The fraction of sp³-hybridized carbons (Fsp3) is 0.286. The van der Waals surface area contributed by atoms with E-state index in [1.165, 1.54) is 11.3 Å². The van der Waals surface area contributed by atoms with Crippen LogP contribution in [0.25, 0.3) is 0 Å². The first-order chi connectivity index (χ1) is 9.09. The van der Waals surface area contributed by atoms with E-state index in [1.54, 1.807) is 15.7 Å². The highest BCUT2D eigenvalue weighted by atomic mass is 35.5. The Morgan fingerprint density at radius 1 is 1.35 bits per heavy atom. The molecule has 0 aliphatic carbocycles. The zero-order valence-corrected chi connectivity index (χ0v) is 13.0. The second-order valence-electron chi connectivity index (χ2n) is 4.53. The SMILES string of the molecule is CC(C)N(C(=O)Cn1ccsc1=N)c1ccccc1.[Cl-]. The quantitative estimate of drug-likeness (QED) is 0.811. The largest absolute Gasteiger partial charge is 1.00 e. The lowest BCUT2D eigenvalue weighted by molar-refractivity contribution is -0.119. The Bertz CT molecular complexity index is 606. The number of amides is 1. The minimum Gasteiger partial charge on any atom is -1.00 e. The van der Waals surface area contributed by atoms with Crippen LogP contribution in [-0.4, -0.2) is 16.5 Å². The number of carbonyl (C=O) groups is 1. The fourth-order valence-corrected chi connectivity index (χ4v) is 2.57. The summed E-state index contributed by atoms with van der Waals surface area (Å²) < 4.78 is 1.66. The molecule has 0 saturated heterocycles. The maximum Gasteiger partial charge on any atom is 0.247 e. The first-order valence-electron chi connectivity index (χ1n) is 6.15. The standard InChI is InChI=1S/C14H17N3OS.ClH/c1-11(2)17(12-6-4-3-5-7-12)13(18)10-16-8-9-19-14(16)15;/h3-9,11,15H,10H2,1-2H3;1H/p-1. The Labute approximate surface area is 128 Å². The maximum absolute atomic E-state index is 12.4. The van der Waals surface area contributed by atoms with Gasteiger partial charge in [-0.05, 0) is 26.0 Å². The average molecular weight is 311 g/mol. The Morgan fingerprint density at radius 2 is 2.00 bits per heavy atom. The molecule has 0 aliphatic heterocycles. The van der Waals surface area contributed by atoms with Gasteiger partial charge in [0, 0.05) is 23.3 Å². The molecular formula is C14H17ClN3OS-. The molecule has 0 spiro atoms. The summed E-state index contributed by atoms with van der Waals surface area (Å²) in [5, 5.41) is 9.53. The topological polar surface area (TPSA) is 49.1 Å². The zero-order chi connectivity index (χ0) is 13.8. The van der Waals surface area contributed by atoms with Gasteiger partial charge >= 0.3 is 0 Å². The fourth-order valence-electron chi connectivity index (χ4n) is 1.97. The summed E-state index contributed by atoms with van der Waals surface area (Å²) in [5.74, 6) is -0.00176. The normalized spacial score (nSPS) is 10.2. The monoisotopic (exact) mass is 310 g/mol. The number of aromatic nitrogens is 1. The molecule has 0 saturated carbocycles. The second kappa shape index (κ2) is 7.26. The Balaban J connectivity index is 0.00000200. The minimum absolute atomic E-state index is 0. The summed E-state index contributed by atoms with van der Waals surface area (Å²) in [7, 11) is 0. The number of anilines is 1. The third kappa shape index (κ3) is 3.71. The summed E-state index contributed by atoms with van der Waals surface area (Å²) in [6.45, 7) is 4.19. The van der Waals surface area contributed by atoms with Crippen LogP contribution < -0.4 is 22.1 Å². The molecule has 1 aromatic heterocycles. The van der Waals surface area contributed by atoms with E-state index < -0.39 is 0 Å². The van der Waals surface area contributed by atoms with Crippen LogP contribution in [0.2, 0.25) is 0 Å². The van der Waals surface area contributed by atoms with E-state index in [2.05, 4.69) is 0 Å². The second-order valence-corrected chi connectivity index (χ2v) is 5.42. The van der Waals surface area contributed by atoms with E-state index >= 15 is 0 Å². The van der Waals surface area contributed by atoms with Gasteiger partial charge in [-0.15, -0.1) is 11.3 Å². The van der Waals surface area contributed by atoms with Crippen LogP contribution in [0.3, 0.4) is 0 Å². The van der Waals surface area contributed by atoms with Crippen molar-refractivity contribution in [1.29, 1.82) is 5.41 Å². The summed E-state index contributed by atoms with van der Waals surface area (Å²) in [6.07, 6.45) is 1.77. The predicted octanol–water partition coefficient (Wildman–Crippen LogP) is -0.525. The van der Waals surface area contributed by atoms with Gasteiger partial charge in [-0.1, -0.05) is 18.2 Å². The Kier molecular flexibility index (Phi) is 5.98. The average Bonchev–Trinajstić information content (AvgIpc) is 2.76. The molecule has 108 valence electrons. The van der Waals surface area contributed by atoms with Crippen molar-refractivity contribution in [2.75, 3.05) is 4.90 Å². The van der Waals surface area contributed by atoms with Gasteiger partial charge in [0.25, 0.3) is 0 Å². The molecule has 2 aromatic rings. The number of halogens is 1. The lowest BCUT2D eigenvalue weighted by atomic mass is 10.2. The number of nitrogens with zero attached hydrogens (tertiary/aromatic N) is 2. The van der Waals surface area contributed by atoms with Crippen molar-refractivity contribution in [1.82, 2.24) is 4.57 Å². The predicted molar refractivity (Wildman–Crippen MR) is 77.2 cm³/mol. The van der Waals surface area contributed by atoms with Crippen molar-refractivity contribution in [2.45, 2.75) is 26.4 Å².